The maximum atomic E-state index is 12.9. The van der Waals surface area contributed by atoms with Crippen LogP contribution < -0.4 is 10.9 Å². The standard InChI is InChI=1S/C15H16FN3O2/c1-10(2)18-14(20)8-19-9-17-13(7-15(19)21)11-3-5-12(16)6-4-11/h3-7,9-10H,8H2,1-2H3,(H,18,20). The fraction of sp³-hybridized carbons (Fsp3) is 0.267. The Hall–Kier alpha value is -2.50. The molecule has 2 rings (SSSR count). The first kappa shape index (κ1) is 14.9. The van der Waals surface area contributed by atoms with Gasteiger partial charge in [0.2, 0.25) is 5.91 Å². The van der Waals surface area contributed by atoms with Crippen LogP contribution in [-0.4, -0.2) is 21.5 Å². The number of hydrogen-bond donors (Lipinski definition) is 1. The number of halogens is 1. The molecule has 5 nitrogen and oxygen atoms in total. The summed E-state index contributed by atoms with van der Waals surface area (Å²) in [6.07, 6.45) is 1.32. The minimum Gasteiger partial charge on any atom is -0.352 e. The van der Waals surface area contributed by atoms with Crippen LogP contribution in [0, 0.1) is 5.82 Å². The van der Waals surface area contributed by atoms with E-state index in [4.69, 9.17) is 0 Å². The molecule has 0 aliphatic heterocycles. The van der Waals surface area contributed by atoms with Gasteiger partial charge < -0.3 is 5.32 Å². The van der Waals surface area contributed by atoms with Crippen molar-refractivity contribution in [3.8, 4) is 11.3 Å². The largest absolute Gasteiger partial charge is 0.352 e. The molecule has 0 radical (unpaired) electrons. The zero-order valence-corrected chi connectivity index (χ0v) is 11.8. The van der Waals surface area contributed by atoms with E-state index in [1.165, 1.54) is 29.1 Å². The number of benzene rings is 1. The molecule has 0 fully saturated rings. The molecule has 0 saturated heterocycles. The molecule has 0 aliphatic rings. The van der Waals surface area contributed by atoms with E-state index in [9.17, 15) is 14.0 Å². The first-order valence-electron chi connectivity index (χ1n) is 6.57. The number of nitrogens with zero attached hydrogens (tertiary/aromatic N) is 2. The lowest BCUT2D eigenvalue weighted by Crippen LogP contribution is -2.35. The van der Waals surface area contributed by atoms with Crippen LogP contribution in [0.1, 0.15) is 13.8 Å². The van der Waals surface area contributed by atoms with E-state index < -0.39 is 0 Å². The van der Waals surface area contributed by atoms with Crippen molar-refractivity contribution in [1.82, 2.24) is 14.9 Å². The molecule has 1 amide bonds. The summed E-state index contributed by atoms with van der Waals surface area (Å²) in [6.45, 7) is 3.61. The van der Waals surface area contributed by atoms with Crippen LogP contribution in [0.15, 0.2) is 41.5 Å². The van der Waals surface area contributed by atoms with Gasteiger partial charge in [-0.15, -0.1) is 0 Å². The molecule has 1 aromatic carbocycles. The number of rotatable bonds is 4. The van der Waals surface area contributed by atoms with Crippen molar-refractivity contribution in [3.05, 3.63) is 52.8 Å². The van der Waals surface area contributed by atoms with Crippen molar-refractivity contribution >= 4 is 5.91 Å². The second kappa shape index (κ2) is 6.30. The molecular formula is C15H16FN3O2. The smallest absolute Gasteiger partial charge is 0.254 e. The van der Waals surface area contributed by atoms with E-state index in [0.29, 0.717) is 11.3 Å². The van der Waals surface area contributed by atoms with Gasteiger partial charge in [-0.05, 0) is 38.1 Å². The van der Waals surface area contributed by atoms with Crippen LogP contribution >= 0.6 is 0 Å². The van der Waals surface area contributed by atoms with Crippen LogP contribution in [0.2, 0.25) is 0 Å². The third-order valence-electron chi connectivity index (χ3n) is 2.78. The van der Waals surface area contributed by atoms with Crippen LogP contribution in [0.4, 0.5) is 4.39 Å². The van der Waals surface area contributed by atoms with Gasteiger partial charge >= 0.3 is 0 Å². The van der Waals surface area contributed by atoms with Crippen LogP contribution in [-0.2, 0) is 11.3 Å². The molecule has 2 aromatic rings. The Morgan fingerprint density at radius 3 is 2.57 bits per heavy atom. The Labute approximate surface area is 121 Å². The highest BCUT2D eigenvalue weighted by Gasteiger charge is 2.08. The number of hydrogen-bond acceptors (Lipinski definition) is 3. The average Bonchev–Trinajstić information content (AvgIpc) is 2.41. The van der Waals surface area contributed by atoms with Gasteiger partial charge in [0.15, 0.2) is 0 Å². The lowest BCUT2D eigenvalue weighted by atomic mass is 10.1. The van der Waals surface area contributed by atoms with Gasteiger partial charge in [-0.25, -0.2) is 9.37 Å². The van der Waals surface area contributed by atoms with Crippen molar-refractivity contribution in [2.75, 3.05) is 0 Å². The van der Waals surface area contributed by atoms with Crippen LogP contribution in [0.3, 0.4) is 0 Å². The number of carbonyl (C=O) groups is 1. The van der Waals surface area contributed by atoms with E-state index in [0.717, 1.165) is 0 Å². The Bertz CT molecular complexity index is 693. The van der Waals surface area contributed by atoms with E-state index >= 15 is 0 Å². The van der Waals surface area contributed by atoms with Crippen molar-refractivity contribution in [3.63, 3.8) is 0 Å². The van der Waals surface area contributed by atoms with Gasteiger partial charge in [-0.2, -0.15) is 0 Å². The van der Waals surface area contributed by atoms with Gasteiger partial charge in [0.25, 0.3) is 5.56 Å². The second-order valence-corrected chi connectivity index (χ2v) is 4.97. The van der Waals surface area contributed by atoms with Gasteiger partial charge in [-0.3, -0.25) is 14.2 Å². The molecule has 0 bridgehead atoms. The minimum absolute atomic E-state index is 0.0136. The molecule has 6 heteroatoms. The normalized spacial score (nSPS) is 10.7. The summed E-state index contributed by atoms with van der Waals surface area (Å²) < 4.78 is 14.1. The fourth-order valence-corrected chi connectivity index (χ4v) is 1.85. The number of aromatic nitrogens is 2. The average molecular weight is 289 g/mol. The summed E-state index contributed by atoms with van der Waals surface area (Å²) in [5.41, 5.74) is 0.760. The molecule has 0 saturated carbocycles. The third kappa shape index (κ3) is 3.98. The predicted octanol–water partition coefficient (Wildman–Crippen LogP) is 1.57. The highest BCUT2D eigenvalue weighted by molar-refractivity contribution is 5.76. The van der Waals surface area contributed by atoms with Crippen LogP contribution in [0.5, 0.6) is 0 Å². The van der Waals surface area contributed by atoms with Gasteiger partial charge in [0, 0.05) is 17.7 Å². The number of nitrogens with one attached hydrogen (secondary N) is 1. The summed E-state index contributed by atoms with van der Waals surface area (Å²) in [6, 6.07) is 7.05. The summed E-state index contributed by atoms with van der Waals surface area (Å²) in [4.78, 5) is 27.7. The maximum absolute atomic E-state index is 12.9. The zero-order valence-electron chi connectivity index (χ0n) is 11.8. The quantitative estimate of drug-likeness (QED) is 0.929. The first-order valence-corrected chi connectivity index (χ1v) is 6.57. The molecule has 1 heterocycles. The molecule has 0 aliphatic carbocycles. The highest BCUT2D eigenvalue weighted by Crippen LogP contribution is 2.14. The van der Waals surface area contributed by atoms with Gasteiger partial charge in [-0.1, -0.05) is 0 Å². The fourth-order valence-electron chi connectivity index (χ4n) is 1.85. The highest BCUT2D eigenvalue weighted by atomic mass is 19.1. The van der Waals surface area contributed by atoms with E-state index in [-0.39, 0.29) is 29.9 Å². The van der Waals surface area contributed by atoms with E-state index in [2.05, 4.69) is 10.3 Å². The Morgan fingerprint density at radius 2 is 2.00 bits per heavy atom. The van der Waals surface area contributed by atoms with E-state index in [1.54, 1.807) is 12.1 Å². The molecule has 0 atom stereocenters. The maximum Gasteiger partial charge on any atom is 0.254 e. The summed E-state index contributed by atoms with van der Waals surface area (Å²) in [5.74, 6) is -0.596. The molecule has 0 unspecified atom stereocenters. The van der Waals surface area contributed by atoms with Gasteiger partial charge in [0.05, 0.1) is 12.0 Å². The first-order chi connectivity index (χ1) is 9.95. The third-order valence-corrected chi connectivity index (χ3v) is 2.78. The second-order valence-electron chi connectivity index (χ2n) is 4.97. The Morgan fingerprint density at radius 1 is 1.33 bits per heavy atom. The molecule has 1 aromatic heterocycles. The van der Waals surface area contributed by atoms with Crippen LogP contribution in [0.25, 0.3) is 11.3 Å². The van der Waals surface area contributed by atoms with Crippen molar-refractivity contribution in [1.29, 1.82) is 0 Å². The summed E-state index contributed by atoms with van der Waals surface area (Å²) >= 11 is 0. The Kier molecular flexibility index (Phi) is 4.47. The number of carbonyl (C=O) groups excluding carboxylic acids is 1. The Balaban J connectivity index is 2.20. The SMILES string of the molecule is CC(C)NC(=O)Cn1cnc(-c2ccc(F)cc2)cc1=O. The van der Waals surface area contributed by atoms with E-state index in [1.807, 2.05) is 13.8 Å². The summed E-state index contributed by atoms with van der Waals surface area (Å²) in [5, 5.41) is 2.70. The van der Waals surface area contributed by atoms with Crippen molar-refractivity contribution in [2.45, 2.75) is 26.4 Å². The topological polar surface area (TPSA) is 64.0 Å². The predicted molar refractivity (Wildman–Crippen MR) is 77.2 cm³/mol. The molecular weight excluding hydrogens is 273 g/mol. The van der Waals surface area contributed by atoms with Crippen molar-refractivity contribution < 1.29 is 9.18 Å². The van der Waals surface area contributed by atoms with Crippen molar-refractivity contribution in [2.24, 2.45) is 0 Å². The molecule has 1 N–H and O–H groups in total. The molecule has 21 heavy (non-hydrogen) atoms. The minimum atomic E-state index is -0.350. The number of amides is 1. The molecule has 0 spiro atoms. The summed E-state index contributed by atoms with van der Waals surface area (Å²) in [7, 11) is 0. The zero-order chi connectivity index (χ0) is 15.4. The lowest BCUT2D eigenvalue weighted by molar-refractivity contribution is -0.122. The van der Waals surface area contributed by atoms with Gasteiger partial charge in [0.1, 0.15) is 12.4 Å². The molecule has 110 valence electrons. The lowest BCUT2D eigenvalue weighted by Gasteiger charge is -2.10. The monoisotopic (exact) mass is 289 g/mol.